The molecule has 0 saturated heterocycles. The third-order valence-electron chi connectivity index (χ3n) is 2.94. The summed E-state index contributed by atoms with van der Waals surface area (Å²) in [6.07, 6.45) is 3.52. The monoisotopic (exact) mass is 226 g/mol. The van der Waals surface area contributed by atoms with Crippen molar-refractivity contribution >= 4 is 11.6 Å². The molecule has 0 aromatic heterocycles. The first kappa shape index (κ1) is 10.8. The highest BCUT2D eigenvalue weighted by Gasteiger charge is 2.39. The Labute approximate surface area is 94.8 Å². The molecule has 0 aliphatic heterocycles. The molecular weight excluding hydrogens is 212 g/mol. The largest absolute Gasteiger partial charge is 0.496 e. The van der Waals surface area contributed by atoms with Crippen LogP contribution in [0.5, 0.6) is 5.75 Å². The fourth-order valence-corrected chi connectivity index (χ4v) is 1.85. The van der Waals surface area contributed by atoms with E-state index >= 15 is 0 Å². The number of rotatable bonds is 4. The molecule has 1 aliphatic rings. The number of benzene rings is 1. The van der Waals surface area contributed by atoms with Crippen LogP contribution in [0.2, 0.25) is 5.02 Å². The predicted octanol–water partition coefficient (Wildman–Crippen LogP) is 2.81. The zero-order valence-corrected chi connectivity index (χ0v) is 9.55. The Morgan fingerprint density at radius 3 is 2.80 bits per heavy atom. The van der Waals surface area contributed by atoms with Crippen LogP contribution in [0.1, 0.15) is 24.8 Å². The molecule has 15 heavy (non-hydrogen) atoms. The minimum atomic E-state index is -0.398. The molecule has 82 valence electrons. The molecule has 0 amide bonds. The van der Waals surface area contributed by atoms with Crippen LogP contribution in [0.3, 0.4) is 0 Å². The lowest BCUT2D eigenvalue weighted by atomic mass is 10.0. The molecule has 1 aliphatic carbocycles. The summed E-state index contributed by atoms with van der Waals surface area (Å²) >= 11 is 5.87. The zero-order chi connectivity index (χ0) is 10.9. The Hall–Kier alpha value is -0.730. The van der Waals surface area contributed by atoms with E-state index in [2.05, 4.69) is 0 Å². The van der Waals surface area contributed by atoms with Gasteiger partial charge in [-0.1, -0.05) is 17.7 Å². The maximum absolute atomic E-state index is 9.74. The van der Waals surface area contributed by atoms with E-state index < -0.39 is 5.60 Å². The van der Waals surface area contributed by atoms with E-state index in [4.69, 9.17) is 16.3 Å². The van der Waals surface area contributed by atoms with Crippen molar-refractivity contribution in [2.45, 2.75) is 31.3 Å². The van der Waals surface area contributed by atoms with Crippen LogP contribution in [-0.4, -0.2) is 17.8 Å². The molecule has 0 radical (unpaired) electrons. The van der Waals surface area contributed by atoms with Gasteiger partial charge in [0.15, 0.2) is 0 Å². The summed E-state index contributed by atoms with van der Waals surface area (Å²) in [6.45, 7) is 0. The molecule has 1 aromatic rings. The molecule has 2 rings (SSSR count). The van der Waals surface area contributed by atoms with Crippen molar-refractivity contribution in [1.82, 2.24) is 0 Å². The second-order valence-electron chi connectivity index (χ2n) is 4.18. The molecule has 0 unspecified atom stereocenters. The lowest BCUT2D eigenvalue weighted by molar-refractivity contribution is 0.140. The van der Waals surface area contributed by atoms with Crippen molar-refractivity contribution in [3.05, 3.63) is 28.8 Å². The second kappa shape index (κ2) is 4.03. The highest BCUT2D eigenvalue weighted by Crippen LogP contribution is 2.40. The van der Waals surface area contributed by atoms with Gasteiger partial charge in [-0.05, 0) is 43.4 Å². The number of ether oxygens (including phenoxy) is 1. The quantitative estimate of drug-likeness (QED) is 0.856. The van der Waals surface area contributed by atoms with Gasteiger partial charge in [0, 0.05) is 5.02 Å². The highest BCUT2D eigenvalue weighted by atomic mass is 35.5. The van der Waals surface area contributed by atoms with Crippen molar-refractivity contribution in [2.75, 3.05) is 7.11 Å². The third-order valence-corrected chi connectivity index (χ3v) is 3.17. The molecule has 0 spiro atoms. The molecular formula is C12H15ClO2. The van der Waals surface area contributed by atoms with Gasteiger partial charge in [-0.2, -0.15) is 0 Å². The first-order valence-corrected chi connectivity index (χ1v) is 5.56. The summed E-state index contributed by atoms with van der Waals surface area (Å²) in [6, 6.07) is 5.64. The van der Waals surface area contributed by atoms with E-state index in [9.17, 15) is 5.11 Å². The maximum atomic E-state index is 9.74. The van der Waals surface area contributed by atoms with Gasteiger partial charge in [0.05, 0.1) is 12.7 Å². The Bertz CT molecular complexity index is 359. The third kappa shape index (κ3) is 2.64. The van der Waals surface area contributed by atoms with Crippen LogP contribution in [0.15, 0.2) is 18.2 Å². The number of halogens is 1. The lowest BCUT2D eigenvalue weighted by Gasteiger charge is -2.11. The standard InChI is InChI=1S/C12H15ClO2/c1-15-11-8-10(13)3-2-9(11)4-5-12(14)6-7-12/h2-3,8,14H,4-7H2,1H3. The van der Waals surface area contributed by atoms with E-state index in [1.807, 2.05) is 18.2 Å². The SMILES string of the molecule is COc1cc(Cl)ccc1CCC1(O)CC1. The summed E-state index contributed by atoms with van der Waals surface area (Å²) in [4.78, 5) is 0. The minimum Gasteiger partial charge on any atom is -0.496 e. The van der Waals surface area contributed by atoms with Crippen LogP contribution < -0.4 is 4.74 Å². The van der Waals surface area contributed by atoms with Gasteiger partial charge in [0.2, 0.25) is 0 Å². The lowest BCUT2D eigenvalue weighted by Crippen LogP contribution is -2.08. The van der Waals surface area contributed by atoms with E-state index in [0.717, 1.165) is 37.0 Å². The van der Waals surface area contributed by atoms with E-state index in [1.54, 1.807) is 7.11 Å². The number of hydrogen-bond acceptors (Lipinski definition) is 2. The van der Waals surface area contributed by atoms with Crippen LogP contribution in [0.4, 0.5) is 0 Å². The van der Waals surface area contributed by atoms with Gasteiger partial charge < -0.3 is 9.84 Å². The fourth-order valence-electron chi connectivity index (χ4n) is 1.69. The van der Waals surface area contributed by atoms with Gasteiger partial charge in [0.25, 0.3) is 0 Å². The molecule has 1 fully saturated rings. The van der Waals surface area contributed by atoms with Gasteiger partial charge in [-0.25, -0.2) is 0 Å². The number of aliphatic hydroxyl groups is 1. The summed E-state index contributed by atoms with van der Waals surface area (Å²) < 4.78 is 5.25. The summed E-state index contributed by atoms with van der Waals surface area (Å²) in [5.74, 6) is 0.812. The van der Waals surface area contributed by atoms with Gasteiger partial charge in [-0.15, -0.1) is 0 Å². The summed E-state index contributed by atoms with van der Waals surface area (Å²) in [7, 11) is 1.64. The molecule has 0 heterocycles. The molecule has 3 heteroatoms. The first-order chi connectivity index (χ1) is 7.13. The van der Waals surface area contributed by atoms with Gasteiger partial charge >= 0.3 is 0 Å². The molecule has 0 bridgehead atoms. The van der Waals surface area contributed by atoms with E-state index in [-0.39, 0.29) is 0 Å². The Morgan fingerprint density at radius 2 is 2.20 bits per heavy atom. The van der Waals surface area contributed by atoms with Crippen LogP contribution >= 0.6 is 11.6 Å². The van der Waals surface area contributed by atoms with Crippen molar-refractivity contribution in [3.63, 3.8) is 0 Å². The highest BCUT2D eigenvalue weighted by molar-refractivity contribution is 6.30. The second-order valence-corrected chi connectivity index (χ2v) is 4.62. The Kier molecular flexibility index (Phi) is 2.89. The summed E-state index contributed by atoms with van der Waals surface area (Å²) in [5, 5.41) is 10.4. The average molecular weight is 227 g/mol. The van der Waals surface area contributed by atoms with E-state index in [0.29, 0.717) is 5.02 Å². The zero-order valence-electron chi connectivity index (χ0n) is 8.79. The Balaban J connectivity index is 2.06. The smallest absolute Gasteiger partial charge is 0.123 e. The van der Waals surface area contributed by atoms with Gasteiger partial charge in [0.1, 0.15) is 5.75 Å². The van der Waals surface area contributed by atoms with Crippen LogP contribution in [0, 0.1) is 0 Å². The number of hydrogen-bond donors (Lipinski definition) is 1. The summed E-state index contributed by atoms with van der Waals surface area (Å²) in [5.41, 5.74) is 0.715. The van der Waals surface area contributed by atoms with Crippen molar-refractivity contribution in [1.29, 1.82) is 0 Å². The van der Waals surface area contributed by atoms with Crippen molar-refractivity contribution in [2.24, 2.45) is 0 Å². The van der Waals surface area contributed by atoms with Crippen molar-refractivity contribution < 1.29 is 9.84 Å². The average Bonchev–Trinajstić information content (AvgIpc) is 2.95. The first-order valence-electron chi connectivity index (χ1n) is 5.18. The Morgan fingerprint density at radius 1 is 1.47 bits per heavy atom. The molecule has 1 aromatic carbocycles. The number of methoxy groups -OCH3 is 1. The fraction of sp³-hybridized carbons (Fsp3) is 0.500. The number of aryl methyl sites for hydroxylation is 1. The van der Waals surface area contributed by atoms with E-state index in [1.165, 1.54) is 0 Å². The molecule has 2 nitrogen and oxygen atoms in total. The molecule has 1 N–H and O–H groups in total. The molecule has 1 saturated carbocycles. The topological polar surface area (TPSA) is 29.5 Å². The minimum absolute atomic E-state index is 0.398. The normalized spacial score (nSPS) is 17.5. The predicted molar refractivity (Wildman–Crippen MR) is 60.5 cm³/mol. The van der Waals surface area contributed by atoms with Crippen LogP contribution in [-0.2, 0) is 6.42 Å². The van der Waals surface area contributed by atoms with Crippen LogP contribution in [0.25, 0.3) is 0 Å². The molecule has 0 atom stereocenters. The van der Waals surface area contributed by atoms with Crippen molar-refractivity contribution in [3.8, 4) is 5.75 Å². The maximum Gasteiger partial charge on any atom is 0.123 e. The van der Waals surface area contributed by atoms with Gasteiger partial charge in [-0.3, -0.25) is 0 Å².